The molecule has 6 aliphatic carbocycles. The molecule has 0 aromatic rings. The van der Waals surface area contributed by atoms with Gasteiger partial charge in [0.2, 0.25) is 0 Å². The van der Waals surface area contributed by atoms with Gasteiger partial charge < -0.3 is 9.84 Å². The van der Waals surface area contributed by atoms with Gasteiger partial charge in [-0.3, -0.25) is 10.1 Å². The highest BCUT2D eigenvalue weighted by Crippen LogP contribution is 2.77. The van der Waals surface area contributed by atoms with Crippen molar-refractivity contribution in [3.63, 3.8) is 0 Å². The summed E-state index contributed by atoms with van der Waals surface area (Å²) in [7, 11) is 0. The quantitative estimate of drug-likeness (QED) is 0.318. The van der Waals surface area contributed by atoms with Gasteiger partial charge in [0.05, 0.1) is 6.61 Å². The molecule has 2 N–H and O–H groups in total. The molecule has 242 valence electrons. The monoisotopic (exact) mass is 595 g/mol. The van der Waals surface area contributed by atoms with E-state index in [1.165, 1.54) is 44.1 Å². The first-order valence-corrected chi connectivity index (χ1v) is 18.0. The van der Waals surface area contributed by atoms with Crippen LogP contribution in [0, 0.1) is 56.7 Å². The number of alkyl carbamates (subject to hydrolysis) is 1. The third kappa shape index (κ3) is 4.46. The number of nitrogens with one attached hydrogen (secondary N) is 1. The molecule has 0 bridgehead atoms. The van der Waals surface area contributed by atoms with Crippen molar-refractivity contribution in [2.24, 2.45) is 56.7 Å². The molecule has 43 heavy (non-hydrogen) atoms. The van der Waals surface area contributed by atoms with Crippen LogP contribution in [-0.2, 0) is 9.53 Å². The van der Waals surface area contributed by atoms with E-state index >= 15 is 0 Å². The number of ether oxygens (including phenoxy) is 1. The third-order valence-electron chi connectivity index (χ3n) is 15.5. The minimum Gasteiger partial charge on any atom is -0.449 e. The molecule has 1 amide bonds. The van der Waals surface area contributed by atoms with Gasteiger partial charge in [-0.1, -0.05) is 80.2 Å². The number of amides is 1. The summed E-state index contributed by atoms with van der Waals surface area (Å²) in [6.45, 7) is 19.4. The number of hydrogen-bond donors (Lipinski definition) is 2. The first kappa shape index (κ1) is 31.6. The van der Waals surface area contributed by atoms with Gasteiger partial charge in [-0.2, -0.15) is 0 Å². The molecule has 0 spiro atoms. The van der Waals surface area contributed by atoms with Crippen molar-refractivity contribution >= 4 is 11.9 Å². The van der Waals surface area contributed by atoms with E-state index in [2.05, 4.69) is 60.7 Å². The van der Waals surface area contributed by atoms with Crippen LogP contribution in [0.5, 0.6) is 0 Å². The first-order chi connectivity index (χ1) is 20.0. The van der Waals surface area contributed by atoms with Crippen LogP contribution in [0.25, 0.3) is 0 Å². The van der Waals surface area contributed by atoms with Crippen LogP contribution in [0.2, 0.25) is 0 Å². The number of hydrogen-bond acceptors (Lipinski definition) is 4. The molecule has 0 aromatic heterocycles. The molecule has 0 aliphatic heterocycles. The first-order valence-electron chi connectivity index (χ1n) is 18.0. The second kappa shape index (κ2) is 10.3. The summed E-state index contributed by atoms with van der Waals surface area (Å²) in [5.41, 5.74) is 1.46. The Kier molecular flexibility index (Phi) is 7.59. The molecule has 0 aromatic carbocycles. The second-order valence-electron chi connectivity index (χ2n) is 18.1. The van der Waals surface area contributed by atoms with Crippen LogP contribution in [0.3, 0.4) is 0 Å². The molecule has 5 saturated carbocycles. The van der Waals surface area contributed by atoms with Gasteiger partial charge in [0, 0.05) is 11.8 Å². The van der Waals surface area contributed by atoms with E-state index in [1.807, 2.05) is 0 Å². The molecule has 6 rings (SSSR count). The molecule has 8 atom stereocenters. The number of Topliss-reactive ketones (excluding diaryl/α,β-unsaturated/α-hetero) is 1. The minimum atomic E-state index is -1.27. The van der Waals surface area contributed by atoms with E-state index < -0.39 is 17.2 Å². The summed E-state index contributed by atoms with van der Waals surface area (Å²) in [6, 6.07) is 0. The Bertz CT molecular complexity index is 1180. The Morgan fingerprint density at radius 1 is 0.860 bits per heavy atom. The lowest BCUT2D eigenvalue weighted by Gasteiger charge is -2.72. The van der Waals surface area contributed by atoms with Crippen molar-refractivity contribution in [3.05, 3.63) is 11.1 Å². The molecule has 0 unspecified atom stereocenters. The number of aliphatic hydroxyl groups is 1. The summed E-state index contributed by atoms with van der Waals surface area (Å²) in [6.07, 6.45) is 14.6. The summed E-state index contributed by atoms with van der Waals surface area (Å²) in [4.78, 5) is 26.4. The average molecular weight is 596 g/mol. The topological polar surface area (TPSA) is 75.6 Å². The van der Waals surface area contributed by atoms with Gasteiger partial charge in [-0.25, -0.2) is 4.79 Å². The van der Waals surface area contributed by atoms with Crippen molar-refractivity contribution in [1.82, 2.24) is 5.32 Å². The van der Waals surface area contributed by atoms with Gasteiger partial charge in [0.25, 0.3) is 0 Å². The maximum absolute atomic E-state index is 13.4. The lowest BCUT2D eigenvalue weighted by atomic mass is 9.32. The van der Waals surface area contributed by atoms with E-state index in [-0.39, 0.29) is 21.7 Å². The summed E-state index contributed by atoms with van der Waals surface area (Å²) in [5.74, 6) is 2.53. The lowest BCUT2D eigenvalue weighted by molar-refractivity contribution is -0.256. The highest BCUT2D eigenvalue weighted by molar-refractivity contribution is 6.00. The smallest absolute Gasteiger partial charge is 0.409 e. The predicted molar refractivity (Wildman–Crippen MR) is 171 cm³/mol. The molecule has 5 nitrogen and oxygen atoms in total. The van der Waals surface area contributed by atoms with Crippen LogP contribution in [0.1, 0.15) is 145 Å². The number of fused-ring (bicyclic) bond motifs is 7. The fraction of sp³-hybridized carbons (Fsp3) is 0.895. The lowest BCUT2D eigenvalue weighted by Crippen LogP contribution is -2.71. The Morgan fingerprint density at radius 3 is 2.23 bits per heavy atom. The highest BCUT2D eigenvalue weighted by Gasteiger charge is 2.71. The number of rotatable bonds is 4. The van der Waals surface area contributed by atoms with E-state index in [0.717, 1.165) is 38.5 Å². The standard InChI is InChI=1S/C38H61NO4/c1-24(2)30-27(40)22-34(5)18-20-36(7)26(31(30)34)14-15-29-35(6)19-21-38(42,33(3,4)28(35)16-17-37(29,36)8)39-32(41)43-23-25-12-10-9-11-13-25/h24-26,28-29,42H,9-23H2,1-8H3,(H,39,41)/t26-,28+,29-,34+,35+,36-,37-,38+/m1/s1. The largest absolute Gasteiger partial charge is 0.449 e. The second-order valence-corrected chi connectivity index (χ2v) is 18.1. The van der Waals surface area contributed by atoms with Crippen molar-refractivity contribution in [2.45, 2.75) is 151 Å². The van der Waals surface area contributed by atoms with Crippen molar-refractivity contribution < 1.29 is 19.4 Å². The van der Waals surface area contributed by atoms with Crippen LogP contribution in [0.15, 0.2) is 11.1 Å². The molecule has 5 heteroatoms. The summed E-state index contributed by atoms with van der Waals surface area (Å²) < 4.78 is 5.72. The fourth-order valence-electron chi connectivity index (χ4n) is 12.8. The molecule has 5 fully saturated rings. The van der Waals surface area contributed by atoms with Gasteiger partial charge >= 0.3 is 6.09 Å². The zero-order chi connectivity index (χ0) is 31.2. The number of ketones is 1. The number of allylic oxidation sites excluding steroid dienone is 2. The minimum absolute atomic E-state index is 0.0474. The van der Waals surface area contributed by atoms with E-state index in [4.69, 9.17) is 4.74 Å². The predicted octanol–water partition coefficient (Wildman–Crippen LogP) is 8.98. The molecule has 0 radical (unpaired) electrons. The SMILES string of the molecule is CC(C)C1=C2[C@H]3CC[C@@H]4[C@@]5(C)CC[C@@](O)(NC(=O)OCC6CCCCC6)C(C)(C)[C@@H]5CC[C@@]4(C)[C@]3(C)CC[C@@]2(C)CC1=O. The maximum Gasteiger partial charge on any atom is 0.409 e. The Labute approximate surface area is 261 Å². The Morgan fingerprint density at radius 2 is 1.56 bits per heavy atom. The van der Waals surface area contributed by atoms with Crippen molar-refractivity contribution in [3.8, 4) is 0 Å². The molecule has 0 saturated heterocycles. The van der Waals surface area contributed by atoms with Crippen LogP contribution < -0.4 is 5.32 Å². The van der Waals surface area contributed by atoms with Crippen LogP contribution >= 0.6 is 0 Å². The van der Waals surface area contributed by atoms with E-state index in [1.54, 1.807) is 5.57 Å². The Balaban J connectivity index is 1.25. The normalized spacial score (nSPS) is 46.1. The van der Waals surface area contributed by atoms with Crippen molar-refractivity contribution in [2.75, 3.05) is 6.61 Å². The summed E-state index contributed by atoms with van der Waals surface area (Å²) >= 11 is 0. The van der Waals surface area contributed by atoms with Crippen molar-refractivity contribution in [1.29, 1.82) is 0 Å². The third-order valence-corrected chi connectivity index (χ3v) is 15.5. The van der Waals surface area contributed by atoms with E-state index in [0.29, 0.717) is 54.8 Å². The average Bonchev–Trinajstić information content (AvgIpc) is 3.21. The zero-order valence-electron chi connectivity index (χ0n) is 28.7. The highest BCUT2D eigenvalue weighted by atomic mass is 16.6. The molecular weight excluding hydrogens is 534 g/mol. The van der Waals surface area contributed by atoms with Crippen LogP contribution in [-0.4, -0.2) is 29.3 Å². The van der Waals surface area contributed by atoms with Gasteiger partial charge in [0.1, 0.15) is 5.72 Å². The molecular formula is C38H61NO4. The van der Waals surface area contributed by atoms with Gasteiger partial charge in [0.15, 0.2) is 5.78 Å². The van der Waals surface area contributed by atoms with Gasteiger partial charge in [-0.15, -0.1) is 0 Å². The summed E-state index contributed by atoms with van der Waals surface area (Å²) in [5, 5.41) is 15.2. The van der Waals surface area contributed by atoms with Crippen LogP contribution in [0.4, 0.5) is 4.79 Å². The Hall–Kier alpha value is -1.36. The maximum atomic E-state index is 13.4. The number of carbonyl (C=O) groups excluding carboxylic acids is 2. The van der Waals surface area contributed by atoms with E-state index in [9.17, 15) is 14.7 Å². The van der Waals surface area contributed by atoms with Gasteiger partial charge in [-0.05, 0) is 121 Å². The molecule has 0 heterocycles. The zero-order valence-corrected chi connectivity index (χ0v) is 28.7. The molecule has 6 aliphatic rings. The number of carbonyl (C=O) groups is 2. The fourth-order valence-corrected chi connectivity index (χ4v) is 12.8.